The van der Waals surface area contributed by atoms with Crippen molar-refractivity contribution in [2.45, 2.75) is 18.3 Å². The van der Waals surface area contributed by atoms with Crippen molar-refractivity contribution in [2.75, 3.05) is 0 Å². The fraction of sp³-hybridized carbons (Fsp3) is 0.300. The quantitative estimate of drug-likeness (QED) is 0.667. The van der Waals surface area contributed by atoms with Gasteiger partial charge in [0.25, 0.3) is 0 Å². The Kier molecular flexibility index (Phi) is 1.62. The average molecular weight is 179 g/mol. The highest BCUT2D eigenvalue weighted by Gasteiger charge is 2.45. The second-order valence-corrected chi connectivity index (χ2v) is 3.38. The number of benzene rings is 1. The predicted octanol–water partition coefficient (Wildman–Crippen LogP) is 0.607. The van der Waals surface area contributed by atoms with E-state index in [1.54, 1.807) is 0 Å². The van der Waals surface area contributed by atoms with Crippen LogP contribution >= 0.6 is 0 Å². The molecular weight excluding hydrogens is 171 g/mol. The number of aliphatic carboxylic acids is 1. The van der Waals surface area contributed by atoms with Gasteiger partial charge in [-0.05, 0) is 30.5 Å². The van der Waals surface area contributed by atoms with Gasteiger partial charge in [0.05, 0.1) is 5.97 Å². The van der Waals surface area contributed by atoms with Crippen molar-refractivity contribution < 1.29 is 14.3 Å². The largest absolute Gasteiger partial charge is 0.549 e. The van der Waals surface area contributed by atoms with Gasteiger partial charge in [0.15, 0.2) is 0 Å². The number of rotatable bonds is 2. The molecule has 0 heterocycles. The van der Waals surface area contributed by atoms with Crippen LogP contribution < -0.4 is 5.11 Å². The number of carbonyl (C=O) groups is 1. The summed E-state index contributed by atoms with van der Waals surface area (Å²) in [6.07, 6.45) is 1.20. The molecule has 2 rings (SSSR count). The van der Waals surface area contributed by atoms with Crippen molar-refractivity contribution in [1.82, 2.24) is 0 Å². The minimum Gasteiger partial charge on any atom is -0.549 e. The molecule has 0 saturated heterocycles. The maximum absolute atomic E-state index is 12.5. The molecule has 13 heavy (non-hydrogen) atoms. The number of hydrogen-bond donors (Lipinski definition) is 0. The van der Waals surface area contributed by atoms with E-state index in [2.05, 4.69) is 0 Å². The molecule has 0 radical (unpaired) electrons. The third kappa shape index (κ3) is 1.20. The highest BCUT2D eigenvalue weighted by molar-refractivity contribution is 5.83. The molecule has 0 spiro atoms. The summed E-state index contributed by atoms with van der Waals surface area (Å²) in [4.78, 5) is 10.8. The first-order chi connectivity index (χ1) is 6.15. The number of carboxylic acid groups (broad SMARTS) is 1. The van der Waals surface area contributed by atoms with E-state index in [1.165, 1.54) is 24.3 Å². The summed E-state index contributed by atoms with van der Waals surface area (Å²) in [6, 6.07) is 5.58. The fourth-order valence-corrected chi connectivity index (χ4v) is 1.50. The van der Waals surface area contributed by atoms with E-state index in [1.807, 2.05) is 0 Å². The van der Waals surface area contributed by atoms with E-state index in [0.29, 0.717) is 18.4 Å². The lowest BCUT2D eigenvalue weighted by molar-refractivity contribution is -0.309. The van der Waals surface area contributed by atoms with E-state index in [4.69, 9.17) is 0 Å². The zero-order chi connectivity index (χ0) is 9.47. The Morgan fingerprint density at radius 1 is 1.31 bits per heavy atom. The van der Waals surface area contributed by atoms with Crippen LogP contribution in [0.15, 0.2) is 24.3 Å². The van der Waals surface area contributed by atoms with E-state index < -0.39 is 11.4 Å². The molecule has 1 aliphatic rings. The fourth-order valence-electron chi connectivity index (χ4n) is 1.50. The molecule has 0 unspecified atom stereocenters. The van der Waals surface area contributed by atoms with Crippen molar-refractivity contribution >= 4 is 5.97 Å². The molecule has 1 fully saturated rings. The lowest BCUT2D eigenvalue weighted by atomic mass is 9.96. The van der Waals surface area contributed by atoms with Crippen LogP contribution in [-0.2, 0) is 10.2 Å². The van der Waals surface area contributed by atoms with Crippen molar-refractivity contribution in [3.63, 3.8) is 0 Å². The smallest absolute Gasteiger partial charge is 0.123 e. The number of hydrogen-bond acceptors (Lipinski definition) is 2. The molecule has 0 aromatic heterocycles. The molecule has 1 aromatic carbocycles. The summed E-state index contributed by atoms with van der Waals surface area (Å²) in [5.74, 6) is -1.41. The molecule has 3 heteroatoms. The minimum absolute atomic E-state index is 0.349. The molecule has 0 aliphatic heterocycles. The van der Waals surface area contributed by atoms with E-state index in [-0.39, 0.29) is 5.82 Å². The second-order valence-electron chi connectivity index (χ2n) is 3.38. The number of halogens is 1. The number of carboxylic acids is 1. The molecule has 68 valence electrons. The standard InChI is InChI=1S/C10H9FO2/c11-8-3-1-7(2-4-8)10(5-6-10)9(12)13/h1-4H,5-6H2,(H,12,13)/p-1. The summed E-state index contributed by atoms with van der Waals surface area (Å²) in [6.45, 7) is 0. The van der Waals surface area contributed by atoms with Crippen LogP contribution in [0.2, 0.25) is 0 Å². The molecule has 2 nitrogen and oxygen atoms in total. The molecule has 1 saturated carbocycles. The van der Waals surface area contributed by atoms with Crippen molar-refractivity contribution in [3.05, 3.63) is 35.6 Å². The third-order valence-corrected chi connectivity index (χ3v) is 2.54. The molecule has 1 aliphatic carbocycles. The number of carbonyl (C=O) groups excluding carboxylic acids is 1. The highest BCUT2D eigenvalue weighted by atomic mass is 19.1. The van der Waals surface area contributed by atoms with E-state index >= 15 is 0 Å². The highest BCUT2D eigenvalue weighted by Crippen LogP contribution is 2.47. The van der Waals surface area contributed by atoms with Crippen LogP contribution in [0.5, 0.6) is 0 Å². The monoisotopic (exact) mass is 179 g/mol. The Morgan fingerprint density at radius 2 is 1.85 bits per heavy atom. The van der Waals surface area contributed by atoms with Gasteiger partial charge < -0.3 is 9.90 Å². The Hall–Kier alpha value is -1.38. The third-order valence-electron chi connectivity index (χ3n) is 2.54. The van der Waals surface area contributed by atoms with Gasteiger partial charge in [-0.25, -0.2) is 4.39 Å². The van der Waals surface area contributed by atoms with Gasteiger partial charge in [-0.1, -0.05) is 12.1 Å². The van der Waals surface area contributed by atoms with Gasteiger partial charge in [0.2, 0.25) is 0 Å². The summed E-state index contributed by atoms with van der Waals surface area (Å²) in [5.41, 5.74) is -0.179. The Balaban J connectivity index is 2.36. The lowest BCUT2D eigenvalue weighted by Crippen LogP contribution is -2.35. The minimum atomic E-state index is -1.06. The topological polar surface area (TPSA) is 40.1 Å². The van der Waals surface area contributed by atoms with E-state index in [9.17, 15) is 14.3 Å². The first-order valence-electron chi connectivity index (χ1n) is 4.13. The molecule has 0 atom stereocenters. The van der Waals surface area contributed by atoms with Crippen molar-refractivity contribution in [1.29, 1.82) is 0 Å². The van der Waals surface area contributed by atoms with Crippen LogP contribution in [0.1, 0.15) is 18.4 Å². The van der Waals surface area contributed by atoms with Gasteiger partial charge in [0.1, 0.15) is 5.82 Å². The van der Waals surface area contributed by atoms with Gasteiger partial charge in [-0.2, -0.15) is 0 Å². The zero-order valence-corrected chi connectivity index (χ0v) is 6.92. The molecule has 0 N–H and O–H groups in total. The Morgan fingerprint density at radius 3 is 2.23 bits per heavy atom. The van der Waals surface area contributed by atoms with Crippen molar-refractivity contribution in [3.8, 4) is 0 Å². The maximum Gasteiger partial charge on any atom is 0.123 e. The summed E-state index contributed by atoms with van der Waals surface area (Å²) >= 11 is 0. The lowest BCUT2D eigenvalue weighted by Gasteiger charge is -2.16. The second kappa shape index (κ2) is 2.55. The zero-order valence-electron chi connectivity index (χ0n) is 6.92. The first kappa shape index (κ1) is 8.23. The van der Waals surface area contributed by atoms with Crippen LogP contribution in [-0.4, -0.2) is 5.97 Å². The first-order valence-corrected chi connectivity index (χ1v) is 4.13. The van der Waals surface area contributed by atoms with Gasteiger partial charge in [-0.15, -0.1) is 0 Å². The maximum atomic E-state index is 12.5. The summed E-state index contributed by atoms with van der Waals surface area (Å²) < 4.78 is 12.5. The van der Waals surface area contributed by atoms with E-state index in [0.717, 1.165) is 0 Å². The predicted molar refractivity (Wildman–Crippen MR) is 42.3 cm³/mol. The molecular formula is C10H8FO2-. The molecule has 1 aromatic rings. The SMILES string of the molecule is O=C([O-])C1(c2ccc(F)cc2)CC1. The van der Waals surface area contributed by atoms with Crippen LogP contribution in [0, 0.1) is 5.82 Å². The molecule has 0 amide bonds. The summed E-state index contributed by atoms with van der Waals surface area (Å²) in [7, 11) is 0. The van der Waals surface area contributed by atoms with Gasteiger partial charge in [-0.3, -0.25) is 0 Å². The normalized spacial score (nSPS) is 18.2. The Labute approximate surface area is 75.0 Å². The molecule has 0 bridgehead atoms. The van der Waals surface area contributed by atoms with Gasteiger partial charge >= 0.3 is 0 Å². The summed E-state index contributed by atoms with van der Waals surface area (Å²) in [5, 5.41) is 10.8. The average Bonchev–Trinajstić information content (AvgIpc) is 2.86. The van der Waals surface area contributed by atoms with Gasteiger partial charge in [0, 0.05) is 5.41 Å². The van der Waals surface area contributed by atoms with Crippen LogP contribution in [0.4, 0.5) is 4.39 Å². The van der Waals surface area contributed by atoms with Crippen molar-refractivity contribution in [2.24, 2.45) is 0 Å². The van der Waals surface area contributed by atoms with Crippen LogP contribution in [0.25, 0.3) is 0 Å². The Bertz CT molecular complexity index is 338. The van der Waals surface area contributed by atoms with Crippen LogP contribution in [0.3, 0.4) is 0 Å².